The van der Waals surface area contributed by atoms with Gasteiger partial charge in [0.25, 0.3) is 0 Å². The normalized spacial score (nSPS) is 10.5. The SMILES string of the molecule is Cc1cc(C)n(CC(=O)Nc2ccc(C)c(N)c2)n1. The molecule has 1 aromatic carbocycles. The fourth-order valence-corrected chi connectivity index (χ4v) is 1.89. The van der Waals surface area contributed by atoms with Crippen molar-refractivity contribution < 1.29 is 4.79 Å². The van der Waals surface area contributed by atoms with E-state index < -0.39 is 0 Å². The molecule has 0 aliphatic carbocycles. The average Bonchev–Trinajstić information content (AvgIpc) is 2.62. The molecular formula is C14H18N4O. The zero-order valence-electron chi connectivity index (χ0n) is 11.4. The van der Waals surface area contributed by atoms with E-state index >= 15 is 0 Å². The van der Waals surface area contributed by atoms with E-state index in [9.17, 15) is 4.79 Å². The minimum absolute atomic E-state index is 0.116. The van der Waals surface area contributed by atoms with Crippen molar-refractivity contribution in [3.8, 4) is 0 Å². The monoisotopic (exact) mass is 258 g/mol. The molecule has 0 radical (unpaired) electrons. The Morgan fingerprint density at radius 2 is 2.05 bits per heavy atom. The number of anilines is 2. The van der Waals surface area contributed by atoms with Crippen LogP contribution in [-0.2, 0) is 11.3 Å². The highest BCUT2D eigenvalue weighted by molar-refractivity contribution is 5.91. The maximum Gasteiger partial charge on any atom is 0.246 e. The Balaban J connectivity index is 2.05. The summed E-state index contributed by atoms with van der Waals surface area (Å²) in [5.74, 6) is -0.116. The highest BCUT2D eigenvalue weighted by Gasteiger charge is 2.08. The summed E-state index contributed by atoms with van der Waals surface area (Å²) in [6.07, 6.45) is 0. The summed E-state index contributed by atoms with van der Waals surface area (Å²) in [5, 5.41) is 7.07. The summed E-state index contributed by atoms with van der Waals surface area (Å²) in [6, 6.07) is 7.42. The van der Waals surface area contributed by atoms with E-state index in [1.165, 1.54) is 0 Å². The summed E-state index contributed by atoms with van der Waals surface area (Å²) in [6.45, 7) is 5.96. The van der Waals surface area contributed by atoms with E-state index in [1.54, 1.807) is 10.7 Å². The first kappa shape index (κ1) is 13.1. The first-order valence-corrected chi connectivity index (χ1v) is 6.13. The molecule has 1 heterocycles. The van der Waals surface area contributed by atoms with Crippen LogP contribution < -0.4 is 11.1 Å². The largest absolute Gasteiger partial charge is 0.398 e. The number of aromatic nitrogens is 2. The van der Waals surface area contributed by atoms with Gasteiger partial charge in [0.2, 0.25) is 5.91 Å². The second-order valence-electron chi connectivity index (χ2n) is 4.70. The molecule has 0 aliphatic heterocycles. The van der Waals surface area contributed by atoms with Crippen LogP contribution in [0.15, 0.2) is 24.3 Å². The van der Waals surface area contributed by atoms with Crippen molar-refractivity contribution in [1.82, 2.24) is 9.78 Å². The van der Waals surface area contributed by atoms with Gasteiger partial charge in [-0.15, -0.1) is 0 Å². The van der Waals surface area contributed by atoms with Crippen molar-refractivity contribution >= 4 is 17.3 Å². The van der Waals surface area contributed by atoms with Gasteiger partial charge in [0.1, 0.15) is 6.54 Å². The number of nitrogens with one attached hydrogen (secondary N) is 1. The van der Waals surface area contributed by atoms with Crippen LogP contribution in [0.1, 0.15) is 17.0 Å². The number of nitrogens with two attached hydrogens (primary N) is 1. The van der Waals surface area contributed by atoms with Gasteiger partial charge in [0, 0.05) is 17.1 Å². The molecule has 0 saturated carbocycles. The first-order valence-electron chi connectivity index (χ1n) is 6.13. The van der Waals surface area contributed by atoms with Crippen LogP contribution in [0.4, 0.5) is 11.4 Å². The lowest BCUT2D eigenvalue weighted by Gasteiger charge is -2.08. The van der Waals surface area contributed by atoms with Crippen molar-refractivity contribution in [1.29, 1.82) is 0 Å². The molecule has 1 amide bonds. The molecule has 5 nitrogen and oxygen atoms in total. The van der Waals surface area contributed by atoms with Crippen molar-refractivity contribution in [3.05, 3.63) is 41.2 Å². The van der Waals surface area contributed by atoms with Crippen LogP contribution in [-0.4, -0.2) is 15.7 Å². The van der Waals surface area contributed by atoms with Crippen LogP contribution in [0.25, 0.3) is 0 Å². The maximum atomic E-state index is 11.9. The summed E-state index contributed by atoms with van der Waals surface area (Å²) in [5.41, 5.74) is 10.1. The number of carbonyl (C=O) groups is 1. The second-order valence-corrected chi connectivity index (χ2v) is 4.70. The predicted octanol–water partition coefficient (Wildman–Crippen LogP) is 2.03. The van der Waals surface area contributed by atoms with Crippen LogP contribution in [0.2, 0.25) is 0 Å². The number of hydrogen-bond donors (Lipinski definition) is 2. The molecule has 0 fully saturated rings. The molecule has 0 unspecified atom stereocenters. The van der Waals surface area contributed by atoms with Crippen LogP contribution in [0, 0.1) is 20.8 Å². The lowest BCUT2D eigenvalue weighted by atomic mass is 10.2. The molecule has 0 atom stereocenters. The molecule has 2 rings (SSSR count). The van der Waals surface area contributed by atoms with Crippen LogP contribution in [0.3, 0.4) is 0 Å². The van der Waals surface area contributed by atoms with E-state index in [4.69, 9.17) is 5.73 Å². The number of hydrogen-bond acceptors (Lipinski definition) is 3. The highest BCUT2D eigenvalue weighted by atomic mass is 16.2. The Bertz CT molecular complexity index is 616. The minimum Gasteiger partial charge on any atom is -0.398 e. The molecule has 2 aromatic rings. The molecule has 5 heteroatoms. The molecule has 19 heavy (non-hydrogen) atoms. The van der Waals surface area contributed by atoms with Gasteiger partial charge in [-0.25, -0.2) is 0 Å². The van der Waals surface area contributed by atoms with Crippen molar-refractivity contribution in [2.75, 3.05) is 11.1 Å². The molecule has 0 saturated heterocycles. The zero-order chi connectivity index (χ0) is 14.0. The van der Waals surface area contributed by atoms with Gasteiger partial charge in [0.05, 0.1) is 5.69 Å². The van der Waals surface area contributed by atoms with Gasteiger partial charge in [-0.05, 0) is 44.5 Å². The van der Waals surface area contributed by atoms with Crippen molar-refractivity contribution in [3.63, 3.8) is 0 Å². The lowest BCUT2D eigenvalue weighted by Crippen LogP contribution is -2.20. The van der Waals surface area contributed by atoms with Gasteiger partial charge in [-0.1, -0.05) is 6.07 Å². The molecular weight excluding hydrogens is 240 g/mol. The molecule has 3 N–H and O–H groups in total. The Morgan fingerprint density at radius 3 is 2.63 bits per heavy atom. The maximum absolute atomic E-state index is 11.9. The summed E-state index contributed by atoms with van der Waals surface area (Å²) < 4.78 is 1.68. The highest BCUT2D eigenvalue weighted by Crippen LogP contribution is 2.16. The Morgan fingerprint density at radius 1 is 1.32 bits per heavy atom. The summed E-state index contributed by atoms with van der Waals surface area (Å²) in [4.78, 5) is 11.9. The molecule has 1 aromatic heterocycles. The number of nitrogen functional groups attached to an aromatic ring is 1. The average molecular weight is 258 g/mol. The number of amides is 1. The van der Waals surface area contributed by atoms with Gasteiger partial charge < -0.3 is 11.1 Å². The number of aryl methyl sites for hydroxylation is 3. The van der Waals surface area contributed by atoms with Gasteiger partial charge in [-0.3, -0.25) is 9.48 Å². The predicted molar refractivity (Wildman–Crippen MR) is 75.9 cm³/mol. The molecule has 100 valence electrons. The third-order valence-corrected chi connectivity index (χ3v) is 2.96. The Labute approximate surface area is 112 Å². The van der Waals surface area contributed by atoms with E-state index in [-0.39, 0.29) is 12.5 Å². The topological polar surface area (TPSA) is 72.9 Å². The number of rotatable bonds is 3. The number of carbonyl (C=O) groups excluding carboxylic acids is 1. The fraction of sp³-hybridized carbons (Fsp3) is 0.286. The summed E-state index contributed by atoms with van der Waals surface area (Å²) >= 11 is 0. The standard InChI is InChI=1S/C14H18N4O/c1-9-4-5-12(7-13(9)15)16-14(19)8-18-11(3)6-10(2)17-18/h4-7H,8,15H2,1-3H3,(H,16,19). The third kappa shape index (κ3) is 3.13. The number of benzene rings is 1. The smallest absolute Gasteiger partial charge is 0.246 e. The lowest BCUT2D eigenvalue weighted by molar-refractivity contribution is -0.116. The third-order valence-electron chi connectivity index (χ3n) is 2.96. The van der Waals surface area contributed by atoms with Gasteiger partial charge in [0.15, 0.2) is 0 Å². The van der Waals surface area contributed by atoms with Gasteiger partial charge in [-0.2, -0.15) is 5.10 Å². The van der Waals surface area contributed by atoms with Crippen LogP contribution in [0.5, 0.6) is 0 Å². The molecule has 0 bridgehead atoms. The van der Waals surface area contributed by atoms with Crippen molar-refractivity contribution in [2.24, 2.45) is 0 Å². The fourth-order valence-electron chi connectivity index (χ4n) is 1.89. The van der Waals surface area contributed by atoms with Crippen molar-refractivity contribution in [2.45, 2.75) is 27.3 Å². The van der Waals surface area contributed by atoms with E-state index in [1.807, 2.05) is 39.0 Å². The molecule has 0 spiro atoms. The Hall–Kier alpha value is -2.30. The van der Waals surface area contributed by atoms with E-state index in [0.717, 1.165) is 17.0 Å². The van der Waals surface area contributed by atoms with Gasteiger partial charge >= 0.3 is 0 Å². The second kappa shape index (κ2) is 5.14. The quantitative estimate of drug-likeness (QED) is 0.827. The van der Waals surface area contributed by atoms with E-state index in [2.05, 4.69) is 10.4 Å². The Kier molecular flexibility index (Phi) is 3.55. The molecule has 0 aliphatic rings. The summed E-state index contributed by atoms with van der Waals surface area (Å²) in [7, 11) is 0. The minimum atomic E-state index is -0.116. The zero-order valence-corrected chi connectivity index (χ0v) is 11.4. The van der Waals surface area contributed by atoms with E-state index in [0.29, 0.717) is 11.4 Å². The van der Waals surface area contributed by atoms with Crippen LogP contribution >= 0.6 is 0 Å². The number of nitrogens with zero attached hydrogens (tertiary/aromatic N) is 2. The first-order chi connectivity index (χ1) is 8.95.